The third kappa shape index (κ3) is 8.43. The molecule has 0 fully saturated rings. The molecule has 1 N–H and O–H groups in total. The SMILES string of the molecule is CCNC(=O)[C@@H](Cc1ccccc1)N(Cc1ccccc1)C(=O)CN(c1cc(C(F)(F)F)ccc1Cl)S(=O)(=O)c1ccccc1. The zero-order valence-electron chi connectivity index (χ0n) is 24.2. The number of nitrogens with one attached hydrogen (secondary N) is 1. The molecule has 0 aliphatic carbocycles. The smallest absolute Gasteiger partial charge is 0.355 e. The van der Waals surface area contributed by atoms with Crippen molar-refractivity contribution >= 4 is 39.1 Å². The molecule has 0 unspecified atom stereocenters. The van der Waals surface area contributed by atoms with E-state index in [0.29, 0.717) is 15.9 Å². The third-order valence-electron chi connectivity index (χ3n) is 6.97. The van der Waals surface area contributed by atoms with Gasteiger partial charge in [-0.05, 0) is 48.4 Å². The van der Waals surface area contributed by atoms with E-state index in [4.69, 9.17) is 11.6 Å². The summed E-state index contributed by atoms with van der Waals surface area (Å²) < 4.78 is 69.8. The van der Waals surface area contributed by atoms with Crippen LogP contribution in [0.5, 0.6) is 0 Å². The second-order valence-electron chi connectivity index (χ2n) is 10.1. The number of alkyl halides is 3. The minimum Gasteiger partial charge on any atom is -0.355 e. The van der Waals surface area contributed by atoms with Gasteiger partial charge in [0.05, 0.1) is 21.2 Å². The van der Waals surface area contributed by atoms with E-state index in [1.807, 2.05) is 6.07 Å². The fourth-order valence-corrected chi connectivity index (χ4v) is 6.45. The molecule has 2 amide bonds. The van der Waals surface area contributed by atoms with Gasteiger partial charge in [0, 0.05) is 19.5 Å². The summed E-state index contributed by atoms with van der Waals surface area (Å²) in [7, 11) is -4.62. The molecule has 1 atom stereocenters. The van der Waals surface area contributed by atoms with Crippen molar-refractivity contribution in [2.45, 2.75) is 37.0 Å². The average molecular weight is 658 g/mol. The number of likely N-dealkylation sites (N-methyl/N-ethyl adjacent to an activating group) is 1. The highest BCUT2D eigenvalue weighted by Crippen LogP contribution is 2.37. The monoisotopic (exact) mass is 657 g/mol. The molecule has 0 heterocycles. The molecule has 7 nitrogen and oxygen atoms in total. The van der Waals surface area contributed by atoms with Crippen molar-refractivity contribution in [2.24, 2.45) is 0 Å². The summed E-state index contributed by atoms with van der Waals surface area (Å²) in [6.07, 6.45) is -4.72. The van der Waals surface area contributed by atoms with Crippen molar-refractivity contribution in [3.8, 4) is 0 Å². The van der Waals surface area contributed by atoms with Gasteiger partial charge >= 0.3 is 6.18 Å². The van der Waals surface area contributed by atoms with Crippen molar-refractivity contribution in [2.75, 3.05) is 17.4 Å². The molecule has 4 rings (SSSR count). The lowest BCUT2D eigenvalue weighted by Crippen LogP contribution is -2.53. The number of halogens is 4. The standard InChI is InChI=1S/C33H31ClF3N3O4S/c1-2-38-32(42)30(20-24-12-6-3-7-13-24)39(22-25-14-8-4-9-15-25)31(41)23-40(45(43,44)27-16-10-5-11-17-27)29-21-26(33(35,36)37)18-19-28(29)34/h3-19,21,30H,2,20,22-23H2,1H3,(H,38,42)/t30-/m1/s1. The Morgan fingerprint density at radius 3 is 1.96 bits per heavy atom. The Morgan fingerprint density at radius 2 is 1.40 bits per heavy atom. The van der Waals surface area contributed by atoms with Gasteiger partial charge in [-0.2, -0.15) is 13.2 Å². The van der Waals surface area contributed by atoms with Gasteiger partial charge in [0.15, 0.2) is 0 Å². The minimum absolute atomic E-state index is 0.0795. The Kier molecular flexibility index (Phi) is 10.9. The largest absolute Gasteiger partial charge is 0.416 e. The maximum atomic E-state index is 14.3. The number of amides is 2. The van der Waals surface area contributed by atoms with Gasteiger partial charge in [0.1, 0.15) is 12.6 Å². The van der Waals surface area contributed by atoms with Gasteiger partial charge in [-0.3, -0.25) is 13.9 Å². The molecule has 0 spiro atoms. The van der Waals surface area contributed by atoms with Crippen LogP contribution in [0.3, 0.4) is 0 Å². The number of anilines is 1. The summed E-state index contributed by atoms with van der Waals surface area (Å²) in [5.41, 5.74) is -0.272. The van der Waals surface area contributed by atoms with Crippen LogP contribution in [0.1, 0.15) is 23.6 Å². The lowest BCUT2D eigenvalue weighted by atomic mass is 10.0. The second kappa shape index (κ2) is 14.6. The van der Waals surface area contributed by atoms with Crippen LogP contribution in [0.4, 0.5) is 18.9 Å². The molecule has 0 aromatic heterocycles. The number of sulfonamides is 1. The van der Waals surface area contributed by atoms with Gasteiger partial charge in [-0.25, -0.2) is 8.42 Å². The average Bonchev–Trinajstić information content (AvgIpc) is 3.02. The van der Waals surface area contributed by atoms with E-state index in [1.54, 1.807) is 67.6 Å². The predicted octanol–water partition coefficient (Wildman–Crippen LogP) is 6.33. The lowest BCUT2D eigenvalue weighted by Gasteiger charge is -2.34. The number of rotatable bonds is 12. The van der Waals surface area contributed by atoms with E-state index < -0.39 is 51.9 Å². The first kappa shape index (κ1) is 33.5. The van der Waals surface area contributed by atoms with E-state index in [0.717, 1.165) is 17.7 Å². The van der Waals surface area contributed by atoms with Crippen LogP contribution in [0, 0.1) is 0 Å². The first-order valence-electron chi connectivity index (χ1n) is 14.0. The third-order valence-corrected chi connectivity index (χ3v) is 9.06. The normalized spacial score (nSPS) is 12.3. The highest BCUT2D eigenvalue weighted by molar-refractivity contribution is 7.92. The molecular weight excluding hydrogens is 627 g/mol. The molecule has 0 saturated carbocycles. The Hall–Kier alpha value is -4.35. The Labute approximate surface area is 265 Å². The lowest BCUT2D eigenvalue weighted by molar-refractivity contribution is -0.140. The number of hydrogen-bond acceptors (Lipinski definition) is 4. The molecule has 236 valence electrons. The molecule has 0 bridgehead atoms. The summed E-state index contributed by atoms with van der Waals surface area (Å²) in [5, 5.41) is 2.44. The van der Waals surface area contributed by atoms with Crippen molar-refractivity contribution in [3.63, 3.8) is 0 Å². The topological polar surface area (TPSA) is 86.8 Å². The molecule has 12 heteroatoms. The number of hydrogen-bond donors (Lipinski definition) is 1. The summed E-state index contributed by atoms with van der Waals surface area (Å²) in [6, 6.07) is 26.0. The van der Waals surface area contributed by atoms with Gasteiger partial charge < -0.3 is 10.2 Å². The summed E-state index contributed by atoms with van der Waals surface area (Å²) in [6.45, 7) is 0.982. The molecule has 45 heavy (non-hydrogen) atoms. The van der Waals surface area contributed by atoms with E-state index in [-0.39, 0.29) is 29.4 Å². The van der Waals surface area contributed by atoms with E-state index in [1.165, 1.54) is 29.2 Å². The van der Waals surface area contributed by atoms with Crippen LogP contribution in [0.15, 0.2) is 114 Å². The number of carbonyl (C=O) groups is 2. The fraction of sp³-hybridized carbons (Fsp3) is 0.212. The highest BCUT2D eigenvalue weighted by Gasteiger charge is 2.37. The number of nitrogens with zero attached hydrogens (tertiary/aromatic N) is 2. The predicted molar refractivity (Wildman–Crippen MR) is 167 cm³/mol. The Balaban J connectivity index is 1.85. The number of carbonyl (C=O) groups excluding carboxylic acids is 2. The van der Waals surface area contributed by atoms with E-state index in [2.05, 4.69) is 5.32 Å². The quantitative estimate of drug-likeness (QED) is 0.193. The zero-order valence-corrected chi connectivity index (χ0v) is 25.8. The van der Waals surface area contributed by atoms with Gasteiger partial charge in [-0.1, -0.05) is 90.5 Å². The second-order valence-corrected chi connectivity index (χ2v) is 12.4. The number of benzene rings is 4. The van der Waals surface area contributed by atoms with E-state index in [9.17, 15) is 31.2 Å². The first-order chi connectivity index (χ1) is 21.4. The minimum atomic E-state index is -4.82. The van der Waals surface area contributed by atoms with Crippen LogP contribution < -0.4 is 9.62 Å². The Bertz CT molecular complexity index is 1710. The van der Waals surface area contributed by atoms with Crippen LogP contribution in [0.25, 0.3) is 0 Å². The molecule has 0 aliphatic rings. The van der Waals surface area contributed by atoms with Crippen molar-refractivity contribution in [1.82, 2.24) is 10.2 Å². The summed E-state index contributed by atoms with van der Waals surface area (Å²) in [5.74, 6) is -1.29. The molecule has 4 aromatic carbocycles. The fourth-order valence-electron chi connectivity index (χ4n) is 4.74. The molecule has 0 saturated heterocycles. The van der Waals surface area contributed by atoms with Gasteiger partial charge in [0.25, 0.3) is 10.0 Å². The van der Waals surface area contributed by atoms with Crippen LogP contribution in [-0.4, -0.2) is 44.3 Å². The first-order valence-corrected chi connectivity index (χ1v) is 15.8. The molecular formula is C33H31ClF3N3O4S. The van der Waals surface area contributed by atoms with Crippen LogP contribution >= 0.6 is 11.6 Å². The van der Waals surface area contributed by atoms with Crippen molar-refractivity contribution < 1.29 is 31.2 Å². The van der Waals surface area contributed by atoms with E-state index >= 15 is 0 Å². The zero-order chi connectivity index (χ0) is 32.6. The summed E-state index contributed by atoms with van der Waals surface area (Å²) >= 11 is 6.33. The molecule has 4 aromatic rings. The van der Waals surface area contributed by atoms with Crippen LogP contribution in [-0.2, 0) is 38.8 Å². The van der Waals surface area contributed by atoms with Crippen LogP contribution in [0.2, 0.25) is 5.02 Å². The van der Waals surface area contributed by atoms with Crippen molar-refractivity contribution in [1.29, 1.82) is 0 Å². The molecule has 0 aliphatic heterocycles. The van der Waals surface area contributed by atoms with Gasteiger partial charge in [0.2, 0.25) is 11.8 Å². The van der Waals surface area contributed by atoms with Crippen molar-refractivity contribution in [3.05, 3.63) is 131 Å². The maximum absolute atomic E-state index is 14.3. The highest BCUT2D eigenvalue weighted by atomic mass is 35.5. The summed E-state index contributed by atoms with van der Waals surface area (Å²) in [4.78, 5) is 28.8. The Morgan fingerprint density at radius 1 is 0.844 bits per heavy atom. The molecule has 0 radical (unpaired) electrons. The maximum Gasteiger partial charge on any atom is 0.416 e. The van der Waals surface area contributed by atoms with Gasteiger partial charge in [-0.15, -0.1) is 0 Å².